The molecule has 1 saturated heterocycles. The van der Waals surface area contributed by atoms with E-state index >= 15 is 0 Å². The summed E-state index contributed by atoms with van der Waals surface area (Å²) in [5.74, 6) is 0. The van der Waals surface area contributed by atoms with Crippen molar-refractivity contribution in [3.63, 3.8) is 0 Å². The molecule has 1 aliphatic rings. The van der Waals surface area contributed by atoms with Gasteiger partial charge in [-0.25, -0.2) is 0 Å². The highest BCUT2D eigenvalue weighted by molar-refractivity contribution is 6.35. The Hall–Kier alpha value is -0.280. The minimum atomic E-state index is -0.649. The van der Waals surface area contributed by atoms with Crippen LogP contribution in [0.15, 0.2) is 18.2 Å². The van der Waals surface area contributed by atoms with E-state index < -0.39 is 5.60 Å². The first-order valence-electron chi connectivity index (χ1n) is 6.26. The zero-order valence-corrected chi connectivity index (χ0v) is 12.3. The van der Waals surface area contributed by atoms with E-state index in [0.29, 0.717) is 22.5 Å². The van der Waals surface area contributed by atoms with Crippen LogP contribution in [0.1, 0.15) is 25.3 Å². The molecule has 0 amide bonds. The Morgan fingerprint density at radius 3 is 2.78 bits per heavy atom. The molecular weight excluding hydrogens is 269 g/mol. The summed E-state index contributed by atoms with van der Waals surface area (Å²) >= 11 is 12.1. The quantitative estimate of drug-likeness (QED) is 0.901. The van der Waals surface area contributed by atoms with Gasteiger partial charge in [-0.05, 0) is 44.5 Å². The second-order valence-corrected chi connectivity index (χ2v) is 6.26. The van der Waals surface area contributed by atoms with Crippen molar-refractivity contribution < 1.29 is 5.11 Å². The Morgan fingerprint density at radius 1 is 1.44 bits per heavy atom. The number of halogens is 2. The largest absolute Gasteiger partial charge is 0.389 e. The molecule has 0 aromatic heterocycles. The second-order valence-electron chi connectivity index (χ2n) is 5.42. The molecule has 2 unspecified atom stereocenters. The molecule has 100 valence electrons. The Morgan fingerprint density at radius 2 is 2.17 bits per heavy atom. The molecule has 2 atom stereocenters. The average molecular weight is 288 g/mol. The van der Waals surface area contributed by atoms with Gasteiger partial charge in [0.25, 0.3) is 0 Å². The highest BCUT2D eigenvalue weighted by Gasteiger charge is 2.35. The fraction of sp³-hybridized carbons (Fsp3) is 0.571. The maximum atomic E-state index is 10.7. The van der Waals surface area contributed by atoms with Crippen molar-refractivity contribution in [3.05, 3.63) is 33.8 Å². The van der Waals surface area contributed by atoms with Crippen LogP contribution >= 0.6 is 23.2 Å². The van der Waals surface area contributed by atoms with Crippen molar-refractivity contribution in [1.82, 2.24) is 4.90 Å². The predicted molar refractivity (Wildman–Crippen MR) is 76.4 cm³/mol. The van der Waals surface area contributed by atoms with Gasteiger partial charge in [0, 0.05) is 29.1 Å². The summed E-state index contributed by atoms with van der Waals surface area (Å²) in [6, 6.07) is 5.87. The van der Waals surface area contributed by atoms with Gasteiger partial charge in [0.15, 0.2) is 0 Å². The molecule has 0 bridgehead atoms. The van der Waals surface area contributed by atoms with Gasteiger partial charge in [0.2, 0.25) is 0 Å². The van der Waals surface area contributed by atoms with Crippen molar-refractivity contribution in [1.29, 1.82) is 0 Å². The Kier molecular flexibility index (Phi) is 4.22. The van der Waals surface area contributed by atoms with E-state index in [-0.39, 0.29) is 0 Å². The molecular formula is C14H19Cl2NO. The number of likely N-dealkylation sites (tertiary alicyclic amines) is 1. The van der Waals surface area contributed by atoms with E-state index in [2.05, 4.69) is 18.9 Å². The first-order chi connectivity index (χ1) is 8.39. The molecule has 1 aromatic rings. The molecule has 18 heavy (non-hydrogen) atoms. The Labute approximate surface area is 119 Å². The predicted octanol–water partition coefficient (Wildman–Crippen LogP) is 3.38. The third-order valence-electron chi connectivity index (χ3n) is 3.89. The highest BCUT2D eigenvalue weighted by atomic mass is 35.5. The third-order valence-corrected chi connectivity index (χ3v) is 4.48. The summed E-state index contributed by atoms with van der Waals surface area (Å²) in [4.78, 5) is 2.28. The van der Waals surface area contributed by atoms with Gasteiger partial charge >= 0.3 is 0 Å². The molecule has 4 heteroatoms. The Balaban J connectivity index is 2.13. The lowest BCUT2D eigenvalue weighted by atomic mass is 9.82. The van der Waals surface area contributed by atoms with E-state index in [1.165, 1.54) is 0 Å². The second kappa shape index (κ2) is 5.38. The van der Waals surface area contributed by atoms with Crippen molar-refractivity contribution in [2.24, 2.45) is 0 Å². The van der Waals surface area contributed by atoms with Crippen LogP contribution in [0.5, 0.6) is 0 Å². The minimum absolute atomic E-state index is 0.398. The van der Waals surface area contributed by atoms with Crippen molar-refractivity contribution in [3.8, 4) is 0 Å². The third kappa shape index (κ3) is 3.18. The van der Waals surface area contributed by atoms with Gasteiger partial charge in [-0.3, -0.25) is 0 Å². The van der Waals surface area contributed by atoms with E-state index in [1.54, 1.807) is 6.07 Å². The number of nitrogens with zero attached hydrogens (tertiary/aromatic N) is 1. The first-order valence-corrected chi connectivity index (χ1v) is 7.02. The number of rotatable bonds is 2. The summed E-state index contributed by atoms with van der Waals surface area (Å²) in [5.41, 5.74) is 0.323. The first kappa shape index (κ1) is 14.1. The monoisotopic (exact) mass is 287 g/mol. The number of aliphatic hydroxyl groups is 1. The van der Waals surface area contributed by atoms with E-state index in [0.717, 1.165) is 24.9 Å². The SMILES string of the molecule is CC1CC(O)(Cc2ccc(Cl)cc2Cl)CCN1C. The van der Waals surface area contributed by atoms with E-state index in [9.17, 15) is 5.11 Å². The van der Waals surface area contributed by atoms with Gasteiger partial charge in [0.05, 0.1) is 5.60 Å². The molecule has 1 heterocycles. The smallest absolute Gasteiger partial charge is 0.0715 e. The number of benzene rings is 1. The van der Waals surface area contributed by atoms with Gasteiger partial charge in [-0.15, -0.1) is 0 Å². The van der Waals surface area contributed by atoms with Gasteiger partial charge in [-0.2, -0.15) is 0 Å². The van der Waals surface area contributed by atoms with Gasteiger partial charge < -0.3 is 10.0 Å². The van der Waals surface area contributed by atoms with Crippen LogP contribution in [0.25, 0.3) is 0 Å². The standard InChI is InChI=1S/C14H19Cl2NO/c1-10-8-14(18,5-6-17(10)2)9-11-3-4-12(15)7-13(11)16/h3-4,7,10,18H,5-6,8-9H2,1-2H3. The normalized spacial score (nSPS) is 29.5. The lowest BCUT2D eigenvalue weighted by Gasteiger charge is -2.41. The van der Waals surface area contributed by atoms with Crippen molar-refractivity contribution in [2.45, 2.75) is 37.8 Å². The van der Waals surface area contributed by atoms with Crippen LogP contribution in [-0.2, 0) is 6.42 Å². The highest BCUT2D eigenvalue weighted by Crippen LogP contribution is 2.32. The molecule has 1 fully saturated rings. The molecule has 1 aliphatic heterocycles. The van der Waals surface area contributed by atoms with Gasteiger partial charge in [-0.1, -0.05) is 29.3 Å². The zero-order chi connectivity index (χ0) is 13.3. The molecule has 2 rings (SSSR count). The van der Waals surface area contributed by atoms with Crippen LogP contribution < -0.4 is 0 Å². The average Bonchev–Trinajstić information content (AvgIpc) is 2.28. The topological polar surface area (TPSA) is 23.5 Å². The summed E-state index contributed by atoms with van der Waals surface area (Å²) in [6.07, 6.45) is 2.16. The lowest BCUT2D eigenvalue weighted by molar-refractivity contribution is -0.0353. The summed E-state index contributed by atoms with van der Waals surface area (Å²) in [7, 11) is 2.10. The molecule has 0 spiro atoms. The number of piperidine rings is 1. The molecule has 1 aromatic carbocycles. The molecule has 0 aliphatic carbocycles. The van der Waals surface area contributed by atoms with Crippen LogP contribution in [0.2, 0.25) is 10.0 Å². The summed E-state index contributed by atoms with van der Waals surface area (Å²) in [5, 5.41) is 12.0. The van der Waals surface area contributed by atoms with Gasteiger partial charge in [0.1, 0.15) is 0 Å². The van der Waals surface area contributed by atoms with Crippen LogP contribution in [0, 0.1) is 0 Å². The van der Waals surface area contributed by atoms with E-state index in [1.807, 2.05) is 12.1 Å². The minimum Gasteiger partial charge on any atom is -0.389 e. The van der Waals surface area contributed by atoms with Crippen LogP contribution in [-0.4, -0.2) is 35.2 Å². The number of hydrogen-bond donors (Lipinski definition) is 1. The molecule has 2 nitrogen and oxygen atoms in total. The fourth-order valence-electron chi connectivity index (χ4n) is 2.59. The zero-order valence-electron chi connectivity index (χ0n) is 10.8. The van der Waals surface area contributed by atoms with Crippen molar-refractivity contribution >= 4 is 23.2 Å². The molecule has 0 radical (unpaired) electrons. The summed E-state index contributed by atoms with van der Waals surface area (Å²) < 4.78 is 0. The van der Waals surface area contributed by atoms with Crippen LogP contribution in [0.4, 0.5) is 0 Å². The summed E-state index contributed by atoms with van der Waals surface area (Å²) in [6.45, 7) is 3.07. The Bertz CT molecular complexity index is 438. The lowest BCUT2D eigenvalue weighted by Crippen LogP contribution is -2.48. The van der Waals surface area contributed by atoms with E-state index in [4.69, 9.17) is 23.2 Å². The molecule has 0 saturated carbocycles. The van der Waals surface area contributed by atoms with Crippen molar-refractivity contribution in [2.75, 3.05) is 13.6 Å². The molecule has 1 N–H and O–H groups in total. The van der Waals surface area contributed by atoms with Crippen LogP contribution in [0.3, 0.4) is 0 Å². The fourth-order valence-corrected chi connectivity index (χ4v) is 3.07. The number of hydrogen-bond acceptors (Lipinski definition) is 2. The maximum absolute atomic E-state index is 10.7. The maximum Gasteiger partial charge on any atom is 0.0715 e.